The van der Waals surface area contributed by atoms with E-state index in [0.29, 0.717) is 19.6 Å². The number of rotatable bonds is 3. The molecule has 1 aromatic carbocycles. The van der Waals surface area contributed by atoms with E-state index in [1.165, 1.54) is 10.4 Å². The first kappa shape index (κ1) is 17.0. The lowest BCUT2D eigenvalue weighted by Crippen LogP contribution is -2.52. The van der Waals surface area contributed by atoms with Crippen molar-refractivity contribution in [3.8, 4) is 0 Å². The summed E-state index contributed by atoms with van der Waals surface area (Å²) in [5, 5.41) is -0.129. The molecular formula is C13H17Cl2FN2O2S. The molecule has 8 heteroatoms. The van der Waals surface area contributed by atoms with Crippen LogP contribution in [0.3, 0.4) is 0 Å². The number of halogens is 3. The van der Waals surface area contributed by atoms with Crippen molar-refractivity contribution in [1.29, 1.82) is 0 Å². The number of sulfonamides is 1. The largest absolute Gasteiger partial charge is 0.303 e. The van der Waals surface area contributed by atoms with E-state index in [0.717, 1.165) is 6.07 Å². The zero-order chi connectivity index (χ0) is 15.8. The Labute approximate surface area is 134 Å². The van der Waals surface area contributed by atoms with Crippen molar-refractivity contribution in [2.75, 3.05) is 26.7 Å². The average molecular weight is 355 g/mol. The second-order valence-electron chi connectivity index (χ2n) is 5.24. The smallest absolute Gasteiger partial charge is 0.243 e. The van der Waals surface area contributed by atoms with Crippen molar-refractivity contribution in [1.82, 2.24) is 9.21 Å². The number of piperazine rings is 1. The summed E-state index contributed by atoms with van der Waals surface area (Å²) >= 11 is 11.5. The third-order valence-corrected chi connectivity index (χ3v) is 6.30. The SMILES string of the molecule is CC1CN(C)CCN1S(=O)(=O)c1cc(F)c(Cl)c(CCl)c1. The molecule has 1 aliphatic heterocycles. The minimum Gasteiger partial charge on any atom is -0.303 e. The summed E-state index contributed by atoms with van der Waals surface area (Å²) in [6.45, 7) is 3.49. The lowest BCUT2D eigenvalue weighted by molar-refractivity contribution is 0.170. The maximum Gasteiger partial charge on any atom is 0.243 e. The highest BCUT2D eigenvalue weighted by atomic mass is 35.5. The van der Waals surface area contributed by atoms with Crippen LogP contribution in [0.2, 0.25) is 5.02 Å². The topological polar surface area (TPSA) is 40.6 Å². The zero-order valence-corrected chi connectivity index (χ0v) is 14.1. The van der Waals surface area contributed by atoms with Gasteiger partial charge in [0.25, 0.3) is 0 Å². The fraction of sp³-hybridized carbons (Fsp3) is 0.538. The van der Waals surface area contributed by atoms with Gasteiger partial charge in [-0.2, -0.15) is 4.31 Å². The number of alkyl halides is 1. The van der Waals surface area contributed by atoms with Gasteiger partial charge in [-0.15, -0.1) is 11.6 Å². The third-order valence-electron chi connectivity index (χ3n) is 3.60. The van der Waals surface area contributed by atoms with Crippen molar-refractivity contribution < 1.29 is 12.8 Å². The van der Waals surface area contributed by atoms with Gasteiger partial charge in [-0.25, -0.2) is 12.8 Å². The maximum atomic E-state index is 13.8. The van der Waals surface area contributed by atoms with Crippen molar-refractivity contribution in [3.05, 3.63) is 28.5 Å². The molecule has 118 valence electrons. The van der Waals surface area contributed by atoms with E-state index in [9.17, 15) is 12.8 Å². The van der Waals surface area contributed by atoms with E-state index in [4.69, 9.17) is 23.2 Å². The standard InChI is InChI=1S/C13H17Cl2FN2O2S/c1-9-8-17(2)3-4-18(9)21(19,20)11-5-10(7-14)13(15)12(16)6-11/h5-6,9H,3-4,7-8H2,1-2H3. The van der Waals surface area contributed by atoms with Crippen LogP contribution in [0.25, 0.3) is 0 Å². The van der Waals surface area contributed by atoms with Gasteiger partial charge in [0.15, 0.2) is 0 Å². The van der Waals surface area contributed by atoms with Crippen LogP contribution >= 0.6 is 23.2 Å². The number of benzene rings is 1. The Hall–Kier alpha value is -0.400. The molecule has 0 radical (unpaired) electrons. The molecule has 0 aromatic heterocycles. The highest BCUT2D eigenvalue weighted by Gasteiger charge is 2.33. The summed E-state index contributed by atoms with van der Waals surface area (Å²) in [5.41, 5.74) is 0.277. The first-order chi connectivity index (χ1) is 9.77. The average Bonchev–Trinajstić information content (AvgIpc) is 2.41. The predicted octanol–water partition coefficient (Wildman–Crippen LogP) is 2.54. The number of nitrogens with zero attached hydrogens (tertiary/aromatic N) is 2. The van der Waals surface area contributed by atoms with Crippen LogP contribution in [0.1, 0.15) is 12.5 Å². The van der Waals surface area contributed by atoms with Gasteiger partial charge >= 0.3 is 0 Å². The second kappa shape index (κ2) is 6.38. The van der Waals surface area contributed by atoms with Gasteiger partial charge in [-0.05, 0) is 31.7 Å². The number of hydrogen-bond acceptors (Lipinski definition) is 3. The Balaban J connectivity index is 2.42. The van der Waals surface area contributed by atoms with Crippen LogP contribution in [-0.4, -0.2) is 50.3 Å². The summed E-state index contributed by atoms with van der Waals surface area (Å²) in [6, 6.07) is 2.13. The third kappa shape index (κ3) is 3.35. The van der Waals surface area contributed by atoms with Gasteiger partial charge in [0.1, 0.15) is 5.82 Å². The monoisotopic (exact) mass is 354 g/mol. The number of hydrogen-bond donors (Lipinski definition) is 0. The van der Waals surface area contributed by atoms with E-state index < -0.39 is 15.8 Å². The van der Waals surface area contributed by atoms with E-state index >= 15 is 0 Å². The van der Waals surface area contributed by atoms with E-state index in [1.807, 2.05) is 14.0 Å². The van der Waals surface area contributed by atoms with Gasteiger partial charge in [0.05, 0.1) is 9.92 Å². The molecule has 0 saturated carbocycles. The van der Waals surface area contributed by atoms with Gasteiger partial charge in [-0.1, -0.05) is 11.6 Å². The molecule has 1 fully saturated rings. The molecule has 1 aromatic rings. The molecule has 1 heterocycles. The Morgan fingerprint density at radius 3 is 2.62 bits per heavy atom. The van der Waals surface area contributed by atoms with Crippen LogP contribution < -0.4 is 0 Å². The second-order valence-corrected chi connectivity index (χ2v) is 7.77. The molecule has 1 aliphatic rings. The molecule has 2 rings (SSSR count). The van der Waals surface area contributed by atoms with E-state index in [-0.39, 0.29) is 27.4 Å². The van der Waals surface area contributed by atoms with Crippen molar-refractivity contribution in [2.24, 2.45) is 0 Å². The normalized spacial score (nSPS) is 21.7. The Morgan fingerprint density at radius 1 is 1.38 bits per heavy atom. The van der Waals surface area contributed by atoms with Crippen molar-refractivity contribution in [3.63, 3.8) is 0 Å². The highest BCUT2D eigenvalue weighted by molar-refractivity contribution is 7.89. The molecule has 1 unspecified atom stereocenters. The quantitative estimate of drug-likeness (QED) is 0.783. The van der Waals surface area contributed by atoms with Gasteiger partial charge in [0.2, 0.25) is 10.0 Å². The maximum absolute atomic E-state index is 13.8. The van der Waals surface area contributed by atoms with Crippen LogP contribution in [0, 0.1) is 5.82 Å². The summed E-state index contributed by atoms with van der Waals surface area (Å²) in [4.78, 5) is 1.96. The van der Waals surface area contributed by atoms with Crippen molar-refractivity contribution >= 4 is 33.2 Å². The molecule has 0 bridgehead atoms. The van der Waals surface area contributed by atoms with Crippen LogP contribution in [0.4, 0.5) is 4.39 Å². The first-order valence-corrected chi connectivity index (χ1v) is 8.87. The van der Waals surface area contributed by atoms with Crippen LogP contribution in [0.15, 0.2) is 17.0 Å². The molecule has 0 spiro atoms. The summed E-state index contributed by atoms with van der Waals surface area (Å²) in [5.74, 6) is -0.813. The number of likely N-dealkylation sites (N-methyl/N-ethyl adjacent to an activating group) is 1. The highest BCUT2D eigenvalue weighted by Crippen LogP contribution is 2.28. The molecule has 0 aliphatic carbocycles. The Morgan fingerprint density at radius 2 is 2.05 bits per heavy atom. The van der Waals surface area contributed by atoms with Crippen molar-refractivity contribution in [2.45, 2.75) is 23.7 Å². The Kier molecular flexibility index (Phi) is 5.15. The minimum absolute atomic E-state index is 0.0442. The van der Waals surface area contributed by atoms with E-state index in [2.05, 4.69) is 4.90 Å². The summed E-state index contributed by atoms with van der Waals surface area (Å²) in [7, 11) is -1.82. The minimum atomic E-state index is -3.76. The molecule has 4 nitrogen and oxygen atoms in total. The molecule has 1 atom stereocenters. The van der Waals surface area contributed by atoms with Crippen LogP contribution in [0.5, 0.6) is 0 Å². The fourth-order valence-electron chi connectivity index (χ4n) is 2.48. The lowest BCUT2D eigenvalue weighted by atomic mass is 10.2. The van der Waals surface area contributed by atoms with Gasteiger partial charge in [-0.3, -0.25) is 0 Å². The molecule has 1 saturated heterocycles. The predicted molar refractivity (Wildman–Crippen MR) is 81.8 cm³/mol. The van der Waals surface area contributed by atoms with Crippen LogP contribution in [-0.2, 0) is 15.9 Å². The Bertz CT molecular complexity index is 639. The fourth-order valence-corrected chi connectivity index (χ4v) is 4.61. The zero-order valence-electron chi connectivity index (χ0n) is 11.8. The van der Waals surface area contributed by atoms with Gasteiger partial charge < -0.3 is 4.90 Å². The molecule has 0 N–H and O–H groups in total. The first-order valence-electron chi connectivity index (χ1n) is 6.51. The molecular weight excluding hydrogens is 338 g/mol. The lowest BCUT2D eigenvalue weighted by Gasteiger charge is -2.37. The summed E-state index contributed by atoms with van der Waals surface area (Å²) in [6.07, 6.45) is 0. The van der Waals surface area contributed by atoms with Gasteiger partial charge in [0, 0.05) is 31.6 Å². The summed E-state index contributed by atoms with van der Waals surface area (Å²) < 4.78 is 40.6. The molecule has 0 amide bonds. The molecule has 21 heavy (non-hydrogen) atoms. The van der Waals surface area contributed by atoms with E-state index in [1.54, 1.807) is 0 Å².